The molecule has 0 spiro atoms. The first-order chi connectivity index (χ1) is 12.6. The lowest BCUT2D eigenvalue weighted by Crippen LogP contribution is -2.34. The van der Waals surface area contributed by atoms with E-state index in [1.807, 2.05) is 0 Å². The van der Waals surface area contributed by atoms with Gasteiger partial charge in [0.1, 0.15) is 12.2 Å². The van der Waals surface area contributed by atoms with Gasteiger partial charge in [-0.1, -0.05) is 0 Å². The van der Waals surface area contributed by atoms with Crippen LogP contribution in [0.15, 0.2) is 0 Å². The van der Waals surface area contributed by atoms with Gasteiger partial charge in [-0.15, -0.1) is 11.8 Å². The van der Waals surface area contributed by atoms with Crippen LogP contribution in [0.3, 0.4) is 0 Å². The fourth-order valence-corrected chi connectivity index (χ4v) is 2.96. The van der Waals surface area contributed by atoms with Gasteiger partial charge in [-0.2, -0.15) is 13.2 Å². The largest absolute Gasteiger partial charge is 0.462 e. The number of aromatic amines is 1. The number of carbonyl (C=O) groups is 3. The summed E-state index contributed by atoms with van der Waals surface area (Å²) in [6, 6.07) is 0. The smallest absolute Gasteiger partial charge is 0.405 e. The number of alkyl halides is 3. The summed E-state index contributed by atoms with van der Waals surface area (Å²) in [6.45, 7) is 3.69. The number of hydrogen-bond donors (Lipinski definition) is 2. The third-order valence-electron chi connectivity index (χ3n) is 3.25. The minimum Gasteiger partial charge on any atom is -0.462 e. The molecule has 1 amide bonds. The predicted octanol–water partition coefficient (Wildman–Crippen LogP) is 2.59. The number of hydrogen-bond acceptors (Lipinski definition) is 6. The molecule has 0 unspecified atom stereocenters. The number of nitrogens with one attached hydrogen (secondary N) is 2. The fourth-order valence-electron chi connectivity index (χ4n) is 2.15. The number of amides is 1. The van der Waals surface area contributed by atoms with Crippen LogP contribution in [0.2, 0.25) is 0 Å². The van der Waals surface area contributed by atoms with E-state index < -0.39 is 30.6 Å². The number of thioether (sulfide) groups is 1. The molecule has 1 rings (SSSR count). The summed E-state index contributed by atoms with van der Waals surface area (Å²) in [6.07, 6.45) is -4.48. The highest BCUT2D eigenvalue weighted by Gasteiger charge is 2.28. The van der Waals surface area contributed by atoms with E-state index in [9.17, 15) is 27.6 Å². The lowest BCUT2D eigenvalue weighted by molar-refractivity contribution is -0.136. The summed E-state index contributed by atoms with van der Waals surface area (Å²) in [7, 11) is 0. The minimum absolute atomic E-state index is 0.0911. The number of H-pyrrole nitrogens is 1. The molecule has 0 atom stereocenters. The van der Waals surface area contributed by atoms with Crippen LogP contribution in [0.1, 0.15) is 46.0 Å². The third-order valence-corrected chi connectivity index (χ3v) is 4.21. The molecule has 1 aromatic rings. The maximum atomic E-state index is 12.2. The van der Waals surface area contributed by atoms with Gasteiger partial charge in [0, 0.05) is 11.4 Å². The monoisotopic (exact) mass is 410 g/mol. The van der Waals surface area contributed by atoms with Crippen LogP contribution >= 0.6 is 11.8 Å². The highest BCUT2D eigenvalue weighted by atomic mass is 32.2. The summed E-state index contributed by atoms with van der Waals surface area (Å²) in [5.74, 6) is -2.22. The number of halogens is 3. The molecule has 2 N–H and O–H groups in total. The second-order valence-corrected chi connectivity index (χ2v) is 6.29. The highest BCUT2D eigenvalue weighted by Crippen LogP contribution is 2.24. The third kappa shape index (κ3) is 7.16. The van der Waals surface area contributed by atoms with E-state index in [1.165, 1.54) is 0 Å². The standard InChI is InChI=1S/C16H21F3N2O5S/c1-4-25-14(23)12-9(3)13(15(24)26-5-2)21-10(12)6-27-7-11(22)20-8-16(17,18)19/h21H,4-8H2,1-3H3,(H,20,22). The van der Waals surface area contributed by atoms with Crippen LogP contribution in [0, 0.1) is 6.92 Å². The lowest BCUT2D eigenvalue weighted by atomic mass is 10.1. The minimum atomic E-state index is -4.48. The van der Waals surface area contributed by atoms with E-state index in [2.05, 4.69) is 4.98 Å². The first kappa shape index (κ1) is 22.9. The van der Waals surface area contributed by atoms with Crippen molar-refractivity contribution in [3.63, 3.8) is 0 Å². The van der Waals surface area contributed by atoms with Gasteiger partial charge in [0.25, 0.3) is 0 Å². The van der Waals surface area contributed by atoms with Gasteiger partial charge < -0.3 is 19.8 Å². The van der Waals surface area contributed by atoms with Crippen LogP contribution in [-0.2, 0) is 20.0 Å². The Balaban J connectivity index is 2.85. The Labute approximate surface area is 158 Å². The maximum Gasteiger partial charge on any atom is 0.405 e. The molecule has 0 saturated carbocycles. The summed E-state index contributed by atoms with van der Waals surface area (Å²) in [5.41, 5.74) is 0.937. The number of carbonyl (C=O) groups excluding carboxylic acids is 3. The van der Waals surface area contributed by atoms with Crippen molar-refractivity contribution in [3.05, 3.63) is 22.5 Å². The highest BCUT2D eigenvalue weighted by molar-refractivity contribution is 7.99. The topological polar surface area (TPSA) is 97.5 Å². The quantitative estimate of drug-likeness (QED) is 0.608. The average molecular weight is 410 g/mol. The van der Waals surface area contributed by atoms with Gasteiger partial charge >= 0.3 is 18.1 Å². The van der Waals surface area contributed by atoms with Crippen molar-refractivity contribution in [1.29, 1.82) is 0 Å². The molecule has 1 aromatic heterocycles. The lowest BCUT2D eigenvalue weighted by Gasteiger charge is -2.08. The summed E-state index contributed by atoms with van der Waals surface area (Å²) < 4.78 is 46.1. The van der Waals surface area contributed by atoms with E-state index >= 15 is 0 Å². The van der Waals surface area contributed by atoms with E-state index in [0.29, 0.717) is 11.3 Å². The van der Waals surface area contributed by atoms with Gasteiger partial charge in [0.2, 0.25) is 5.91 Å². The molecule has 152 valence electrons. The van der Waals surface area contributed by atoms with Crippen molar-refractivity contribution < 1.29 is 37.0 Å². The van der Waals surface area contributed by atoms with Crippen molar-refractivity contribution in [2.45, 2.75) is 32.7 Å². The number of aromatic nitrogens is 1. The van der Waals surface area contributed by atoms with Crippen molar-refractivity contribution in [3.8, 4) is 0 Å². The Kier molecular flexibility index (Phi) is 8.67. The van der Waals surface area contributed by atoms with Crippen LogP contribution in [0.4, 0.5) is 13.2 Å². The van der Waals surface area contributed by atoms with E-state index in [1.54, 1.807) is 26.1 Å². The van der Waals surface area contributed by atoms with Crippen LogP contribution < -0.4 is 5.32 Å². The SMILES string of the molecule is CCOC(=O)c1[nH]c(CSCC(=O)NCC(F)(F)F)c(C(=O)OCC)c1C. The zero-order valence-corrected chi connectivity index (χ0v) is 15.9. The number of ether oxygens (including phenoxy) is 2. The Morgan fingerprint density at radius 1 is 1.11 bits per heavy atom. The molecular weight excluding hydrogens is 389 g/mol. The second-order valence-electron chi connectivity index (χ2n) is 5.30. The molecule has 0 aliphatic heterocycles. The zero-order chi connectivity index (χ0) is 20.6. The fraction of sp³-hybridized carbons (Fsp3) is 0.562. The van der Waals surface area contributed by atoms with Gasteiger partial charge in [0.15, 0.2) is 0 Å². The molecule has 0 aliphatic carbocycles. The average Bonchev–Trinajstić information content (AvgIpc) is 2.89. The van der Waals surface area contributed by atoms with E-state index in [4.69, 9.17) is 9.47 Å². The molecule has 1 heterocycles. The summed E-state index contributed by atoms with van der Waals surface area (Å²) in [5, 5.41) is 1.76. The normalized spacial score (nSPS) is 11.2. The Bertz CT molecular complexity index is 688. The molecule has 0 aromatic carbocycles. The molecule has 0 fully saturated rings. The molecule has 0 bridgehead atoms. The van der Waals surface area contributed by atoms with Gasteiger partial charge in [-0.3, -0.25) is 4.79 Å². The summed E-state index contributed by atoms with van der Waals surface area (Å²) >= 11 is 0.991. The van der Waals surface area contributed by atoms with Crippen molar-refractivity contribution in [1.82, 2.24) is 10.3 Å². The van der Waals surface area contributed by atoms with Crippen molar-refractivity contribution in [2.75, 3.05) is 25.5 Å². The first-order valence-electron chi connectivity index (χ1n) is 8.07. The molecular formula is C16H21F3N2O5S. The Hall–Kier alpha value is -2.17. The van der Waals surface area contributed by atoms with Crippen molar-refractivity contribution in [2.24, 2.45) is 0 Å². The Morgan fingerprint density at radius 3 is 2.26 bits per heavy atom. The van der Waals surface area contributed by atoms with Gasteiger partial charge in [-0.05, 0) is 26.3 Å². The molecule has 27 heavy (non-hydrogen) atoms. The van der Waals surface area contributed by atoms with Crippen LogP contribution in [0.25, 0.3) is 0 Å². The predicted molar refractivity (Wildman–Crippen MR) is 92.7 cm³/mol. The van der Waals surface area contributed by atoms with E-state index in [0.717, 1.165) is 11.8 Å². The molecule has 11 heteroatoms. The van der Waals surface area contributed by atoms with Crippen LogP contribution in [0.5, 0.6) is 0 Å². The van der Waals surface area contributed by atoms with Crippen molar-refractivity contribution >= 4 is 29.6 Å². The zero-order valence-electron chi connectivity index (χ0n) is 15.1. The van der Waals surface area contributed by atoms with E-state index in [-0.39, 0.29) is 36.0 Å². The first-order valence-corrected chi connectivity index (χ1v) is 9.23. The number of esters is 2. The number of rotatable bonds is 9. The van der Waals surface area contributed by atoms with Crippen LogP contribution in [-0.4, -0.2) is 54.5 Å². The molecule has 7 nitrogen and oxygen atoms in total. The Morgan fingerprint density at radius 2 is 1.70 bits per heavy atom. The summed E-state index contributed by atoms with van der Waals surface area (Å²) in [4.78, 5) is 38.4. The second kappa shape index (κ2) is 10.2. The molecule has 0 aliphatic rings. The van der Waals surface area contributed by atoms with Gasteiger partial charge in [-0.25, -0.2) is 9.59 Å². The molecule has 0 radical (unpaired) electrons. The molecule has 0 saturated heterocycles. The van der Waals surface area contributed by atoms with Gasteiger partial charge in [0.05, 0.1) is 24.5 Å². The maximum absolute atomic E-state index is 12.2.